The number of para-hydroxylation sites is 1. The molecule has 0 aromatic heterocycles. The van der Waals surface area contributed by atoms with Gasteiger partial charge in [-0.05, 0) is 25.8 Å². The number of hydrogen-bond acceptors (Lipinski definition) is 5. The highest BCUT2D eigenvalue weighted by Crippen LogP contribution is 2.30. The van der Waals surface area contributed by atoms with E-state index in [-0.39, 0.29) is 18.0 Å². The second kappa shape index (κ2) is 5.87. The third-order valence-corrected chi connectivity index (χ3v) is 3.15. The molecule has 1 aliphatic carbocycles. The van der Waals surface area contributed by atoms with E-state index in [0.29, 0.717) is 11.6 Å². The second-order valence-electron chi connectivity index (χ2n) is 4.89. The third-order valence-electron chi connectivity index (χ3n) is 3.15. The lowest BCUT2D eigenvalue weighted by atomic mass is 10.2. The van der Waals surface area contributed by atoms with E-state index < -0.39 is 16.9 Å². The molecule has 0 saturated heterocycles. The lowest BCUT2D eigenvalue weighted by molar-refractivity contribution is -0.386. The molecule has 1 aliphatic rings. The van der Waals surface area contributed by atoms with Crippen molar-refractivity contribution in [3.05, 3.63) is 33.9 Å². The summed E-state index contributed by atoms with van der Waals surface area (Å²) < 4.78 is 5.43. The fourth-order valence-corrected chi connectivity index (χ4v) is 1.90. The Morgan fingerprint density at radius 2 is 2.30 bits per heavy atom. The first-order valence-corrected chi connectivity index (χ1v) is 6.41. The molecule has 20 heavy (non-hydrogen) atoms. The number of nitrogens with one attached hydrogen (secondary N) is 1. The Bertz CT molecular complexity index is 528. The van der Waals surface area contributed by atoms with E-state index in [0.717, 1.165) is 12.8 Å². The summed E-state index contributed by atoms with van der Waals surface area (Å²) in [5.41, 5.74) is 5.72. The van der Waals surface area contributed by atoms with Crippen LogP contribution < -0.4 is 15.8 Å². The molecule has 1 fully saturated rings. The maximum Gasteiger partial charge on any atom is 0.313 e. The second-order valence-corrected chi connectivity index (χ2v) is 4.89. The molecule has 7 nitrogen and oxygen atoms in total. The maximum absolute atomic E-state index is 11.3. The zero-order chi connectivity index (χ0) is 14.7. The predicted molar refractivity (Wildman–Crippen MR) is 72.5 cm³/mol. The van der Waals surface area contributed by atoms with E-state index in [1.165, 1.54) is 6.07 Å². The van der Waals surface area contributed by atoms with Crippen LogP contribution in [0.3, 0.4) is 0 Å². The Kier molecular flexibility index (Phi) is 4.19. The summed E-state index contributed by atoms with van der Waals surface area (Å²) in [7, 11) is 0. The van der Waals surface area contributed by atoms with Gasteiger partial charge in [0.15, 0.2) is 5.75 Å². The van der Waals surface area contributed by atoms with E-state index >= 15 is 0 Å². The highest BCUT2D eigenvalue weighted by Gasteiger charge is 2.28. The van der Waals surface area contributed by atoms with Gasteiger partial charge in [-0.3, -0.25) is 14.9 Å². The van der Waals surface area contributed by atoms with Crippen LogP contribution in [0.5, 0.6) is 5.75 Å². The quantitative estimate of drug-likeness (QED) is 0.569. The average molecular weight is 279 g/mol. The summed E-state index contributed by atoms with van der Waals surface area (Å²) in [5.74, 6) is -0.369. The first-order valence-electron chi connectivity index (χ1n) is 6.41. The van der Waals surface area contributed by atoms with Crippen LogP contribution in [0.15, 0.2) is 18.2 Å². The molecule has 3 N–H and O–H groups in total. The molecule has 1 atom stereocenters. The number of nitrogens with zero attached hydrogens (tertiary/aromatic N) is 1. The molecule has 1 aromatic carbocycles. The maximum atomic E-state index is 11.3. The first kappa shape index (κ1) is 14.3. The number of rotatable bonds is 7. The van der Waals surface area contributed by atoms with Crippen LogP contribution in [0.25, 0.3) is 0 Å². The minimum Gasteiger partial charge on any atom is -0.485 e. The zero-order valence-corrected chi connectivity index (χ0v) is 11.2. The normalized spacial score (nSPS) is 15.7. The molecule has 0 spiro atoms. The standard InChI is InChI=1S/C13H17N3O4/c1-8-3-2-4-11(12(8)16(18)19)20-7-10(13(14)17)15-9-5-6-9/h2-4,9-10,15H,5-7H2,1H3,(H2,14,17). The number of nitro benzene ring substituents is 1. The number of benzene rings is 1. The van der Waals surface area contributed by atoms with Crippen molar-refractivity contribution in [3.63, 3.8) is 0 Å². The van der Waals surface area contributed by atoms with E-state index in [2.05, 4.69) is 5.32 Å². The smallest absolute Gasteiger partial charge is 0.313 e. The number of amides is 1. The number of carbonyl (C=O) groups is 1. The predicted octanol–water partition coefficient (Wildman–Crippen LogP) is 0.888. The van der Waals surface area contributed by atoms with Gasteiger partial charge < -0.3 is 15.8 Å². The van der Waals surface area contributed by atoms with Crippen molar-refractivity contribution >= 4 is 11.6 Å². The van der Waals surface area contributed by atoms with Crippen molar-refractivity contribution in [3.8, 4) is 5.75 Å². The lowest BCUT2D eigenvalue weighted by Crippen LogP contribution is -2.46. The molecule has 2 rings (SSSR count). The molecule has 7 heteroatoms. The van der Waals surface area contributed by atoms with Gasteiger partial charge in [-0.1, -0.05) is 12.1 Å². The number of nitro groups is 1. The van der Waals surface area contributed by atoms with Gasteiger partial charge in [0.1, 0.15) is 12.6 Å². The Morgan fingerprint density at radius 3 is 2.85 bits per heavy atom. The molecule has 0 aliphatic heterocycles. The van der Waals surface area contributed by atoms with E-state index in [1.54, 1.807) is 19.1 Å². The van der Waals surface area contributed by atoms with Crippen molar-refractivity contribution in [2.45, 2.75) is 31.8 Å². The summed E-state index contributed by atoms with van der Waals surface area (Å²) in [4.78, 5) is 21.9. The molecular weight excluding hydrogens is 262 g/mol. The van der Waals surface area contributed by atoms with Crippen LogP contribution >= 0.6 is 0 Å². The monoisotopic (exact) mass is 279 g/mol. The minimum absolute atomic E-state index is 0.0177. The van der Waals surface area contributed by atoms with E-state index in [4.69, 9.17) is 10.5 Å². The van der Waals surface area contributed by atoms with Crippen LogP contribution in [-0.2, 0) is 4.79 Å². The summed E-state index contributed by atoms with van der Waals surface area (Å²) in [6.07, 6.45) is 2.02. The van der Waals surface area contributed by atoms with Crippen LogP contribution in [0.1, 0.15) is 18.4 Å². The Balaban J connectivity index is 2.07. The van der Waals surface area contributed by atoms with Gasteiger partial charge >= 0.3 is 5.69 Å². The number of nitrogens with two attached hydrogens (primary N) is 1. The van der Waals surface area contributed by atoms with Crippen LogP contribution in [0.4, 0.5) is 5.69 Å². The highest BCUT2D eigenvalue weighted by molar-refractivity contribution is 5.80. The summed E-state index contributed by atoms with van der Waals surface area (Å²) >= 11 is 0. The van der Waals surface area contributed by atoms with Crippen LogP contribution in [-0.4, -0.2) is 29.5 Å². The summed E-state index contributed by atoms with van der Waals surface area (Å²) in [6.45, 7) is 1.62. The fraction of sp³-hybridized carbons (Fsp3) is 0.462. The summed E-state index contributed by atoms with van der Waals surface area (Å²) in [6, 6.07) is 4.48. The number of hydrogen-bond donors (Lipinski definition) is 2. The SMILES string of the molecule is Cc1cccc(OCC(NC2CC2)C(N)=O)c1[N+](=O)[O-]. The van der Waals surface area contributed by atoms with Gasteiger partial charge in [-0.25, -0.2) is 0 Å². The van der Waals surface area contributed by atoms with Crippen molar-refractivity contribution in [1.82, 2.24) is 5.32 Å². The van der Waals surface area contributed by atoms with Gasteiger partial charge in [0, 0.05) is 11.6 Å². The zero-order valence-electron chi connectivity index (χ0n) is 11.2. The van der Waals surface area contributed by atoms with Crippen molar-refractivity contribution in [1.29, 1.82) is 0 Å². The van der Waals surface area contributed by atoms with Gasteiger partial charge in [-0.15, -0.1) is 0 Å². The lowest BCUT2D eigenvalue weighted by Gasteiger charge is -2.16. The van der Waals surface area contributed by atoms with E-state index in [1.807, 2.05) is 0 Å². The topological polar surface area (TPSA) is 107 Å². The molecular formula is C13H17N3O4. The van der Waals surface area contributed by atoms with E-state index in [9.17, 15) is 14.9 Å². The molecule has 1 amide bonds. The number of carbonyl (C=O) groups excluding carboxylic acids is 1. The molecule has 1 aromatic rings. The molecule has 0 radical (unpaired) electrons. The number of primary amides is 1. The van der Waals surface area contributed by atoms with Gasteiger partial charge in [-0.2, -0.15) is 0 Å². The average Bonchev–Trinajstić information content (AvgIpc) is 3.17. The van der Waals surface area contributed by atoms with Crippen LogP contribution in [0.2, 0.25) is 0 Å². The van der Waals surface area contributed by atoms with Crippen molar-refractivity contribution in [2.75, 3.05) is 6.61 Å². The summed E-state index contributed by atoms with van der Waals surface area (Å²) in [5, 5.41) is 14.1. The number of ether oxygens (including phenoxy) is 1. The molecule has 1 unspecified atom stereocenters. The molecule has 0 bridgehead atoms. The Hall–Kier alpha value is -2.15. The number of aryl methyl sites for hydroxylation is 1. The largest absolute Gasteiger partial charge is 0.485 e. The Labute approximate surface area is 116 Å². The van der Waals surface area contributed by atoms with Crippen molar-refractivity contribution in [2.24, 2.45) is 5.73 Å². The third kappa shape index (κ3) is 3.45. The molecule has 0 heterocycles. The molecule has 108 valence electrons. The van der Waals surface area contributed by atoms with Crippen LogP contribution in [0, 0.1) is 17.0 Å². The van der Waals surface area contributed by atoms with Gasteiger partial charge in [0.25, 0.3) is 0 Å². The highest BCUT2D eigenvalue weighted by atomic mass is 16.6. The molecule has 1 saturated carbocycles. The van der Waals surface area contributed by atoms with Crippen molar-refractivity contribution < 1.29 is 14.5 Å². The fourth-order valence-electron chi connectivity index (χ4n) is 1.90. The van der Waals surface area contributed by atoms with Gasteiger partial charge in [0.05, 0.1) is 4.92 Å². The first-order chi connectivity index (χ1) is 9.49. The Morgan fingerprint density at radius 1 is 1.60 bits per heavy atom. The minimum atomic E-state index is -0.636. The van der Waals surface area contributed by atoms with Gasteiger partial charge in [0.2, 0.25) is 5.91 Å².